The summed E-state index contributed by atoms with van der Waals surface area (Å²) >= 11 is 0. The molecular weight excluding hydrogens is 293 g/mol. The average molecular weight is 315 g/mol. The molecule has 1 amide bonds. The standard InChI is InChI=1S/C18H22FN3O/c1-18(12-20,14-6-7-14)21-17(23)11-22-10-2-3-16(22)13-4-8-15(19)9-5-13/h4-5,8-9,14,16H,2-3,6-7,10-11H2,1H3,(H,21,23). The molecule has 1 heterocycles. The van der Waals surface area contributed by atoms with Crippen LogP contribution in [-0.4, -0.2) is 29.4 Å². The molecule has 1 saturated heterocycles. The number of amides is 1. The highest BCUT2D eigenvalue weighted by Crippen LogP contribution is 2.39. The van der Waals surface area contributed by atoms with Gasteiger partial charge in [-0.3, -0.25) is 9.69 Å². The number of benzene rings is 1. The zero-order valence-corrected chi connectivity index (χ0v) is 13.4. The molecule has 1 aliphatic heterocycles. The monoisotopic (exact) mass is 315 g/mol. The molecule has 3 rings (SSSR count). The summed E-state index contributed by atoms with van der Waals surface area (Å²) in [5.74, 6) is -0.0665. The Hall–Kier alpha value is -1.93. The number of hydrogen-bond acceptors (Lipinski definition) is 3. The second-order valence-electron chi connectivity index (χ2n) is 6.82. The Morgan fingerprint density at radius 2 is 2.09 bits per heavy atom. The number of nitriles is 1. The van der Waals surface area contributed by atoms with Gasteiger partial charge >= 0.3 is 0 Å². The van der Waals surface area contributed by atoms with Crippen LogP contribution in [0.25, 0.3) is 0 Å². The minimum atomic E-state index is -0.748. The Kier molecular flexibility index (Phi) is 4.36. The Morgan fingerprint density at radius 3 is 2.70 bits per heavy atom. The predicted molar refractivity (Wildman–Crippen MR) is 84.8 cm³/mol. The molecule has 0 bridgehead atoms. The van der Waals surface area contributed by atoms with Crippen molar-refractivity contribution in [1.29, 1.82) is 5.26 Å². The molecule has 4 nitrogen and oxygen atoms in total. The molecule has 2 aliphatic rings. The third-order valence-electron chi connectivity index (χ3n) is 4.99. The Balaban J connectivity index is 1.63. The number of nitrogens with one attached hydrogen (secondary N) is 1. The summed E-state index contributed by atoms with van der Waals surface area (Å²) in [4.78, 5) is 14.5. The van der Waals surface area contributed by atoms with E-state index in [1.54, 1.807) is 12.1 Å². The highest BCUT2D eigenvalue weighted by atomic mass is 19.1. The first-order valence-electron chi connectivity index (χ1n) is 8.23. The van der Waals surface area contributed by atoms with E-state index in [0.29, 0.717) is 0 Å². The van der Waals surface area contributed by atoms with E-state index in [1.807, 2.05) is 6.92 Å². The molecule has 5 heteroatoms. The lowest BCUT2D eigenvalue weighted by Crippen LogP contribution is -2.50. The second kappa shape index (κ2) is 6.29. The molecule has 2 atom stereocenters. The number of carbonyl (C=O) groups is 1. The molecule has 122 valence electrons. The first-order chi connectivity index (χ1) is 11.0. The lowest BCUT2D eigenvalue weighted by atomic mass is 9.98. The fourth-order valence-electron chi connectivity index (χ4n) is 3.47. The van der Waals surface area contributed by atoms with Gasteiger partial charge in [0.15, 0.2) is 0 Å². The third-order valence-corrected chi connectivity index (χ3v) is 4.99. The fraction of sp³-hybridized carbons (Fsp3) is 0.556. The van der Waals surface area contributed by atoms with Gasteiger partial charge < -0.3 is 5.32 Å². The summed E-state index contributed by atoms with van der Waals surface area (Å²) in [6, 6.07) is 8.91. The van der Waals surface area contributed by atoms with Crippen molar-refractivity contribution in [2.75, 3.05) is 13.1 Å². The van der Waals surface area contributed by atoms with Crippen molar-refractivity contribution in [3.63, 3.8) is 0 Å². The van der Waals surface area contributed by atoms with Gasteiger partial charge in [0.1, 0.15) is 11.4 Å². The average Bonchev–Trinajstić information content (AvgIpc) is 3.30. The highest BCUT2D eigenvalue weighted by molar-refractivity contribution is 5.79. The van der Waals surface area contributed by atoms with Crippen molar-refractivity contribution in [3.05, 3.63) is 35.6 Å². The molecule has 2 unspecified atom stereocenters. The molecule has 1 aromatic carbocycles. The molecule has 2 fully saturated rings. The summed E-state index contributed by atoms with van der Waals surface area (Å²) < 4.78 is 13.1. The van der Waals surface area contributed by atoms with Gasteiger partial charge in [0.25, 0.3) is 0 Å². The lowest BCUT2D eigenvalue weighted by molar-refractivity contribution is -0.123. The van der Waals surface area contributed by atoms with E-state index in [4.69, 9.17) is 0 Å². The van der Waals surface area contributed by atoms with E-state index in [0.717, 1.165) is 37.8 Å². The number of halogens is 1. The van der Waals surface area contributed by atoms with Gasteiger partial charge in [-0.25, -0.2) is 4.39 Å². The first kappa shape index (κ1) is 15.9. The van der Waals surface area contributed by atoms with Crippen LogP contribution in [0.4, 0.5) is 4.39 Å². The van der Waals surface area contributed by atoms with Crippen molar-refractivity contribution in [1.82, 2.24) is 10.2 Å². The highest BCUT2D eigenvalue weighted by Gasteiger charge is 2.43. The van der Waals surface area contributed by atoms with Crippen LogP contribution >= 0.6 is 0 Å². The molecule has 1 aliphatic carbocycles. The van der Waals surface area contributed by atoms with Crippen LogP contribution in [0.5, 0.6) is 0 Å². The van der Waals surface area contributed by atoms with Crippen molar-refractivity contribution in [2.45, 2.75) is 44.2 Å². The number of carbonyl (C=O) groups excluding carboxylic acids is 1. The van der Waals surface area contributed by atoms with Gasteiger partial charge in [-0.2, -0.15) is 5.26 Å². The lowest BCUT2D eigenvalue weighted by Gasteiger charge is -2.27. The topological polar surface area (TPSA) is 56.1 Å². The fourth-order valence-corrected chi connectivity index (χ4v) is 3.47. The summed E-state index contributed by atoms with van der Waals surface area (Å²) in [7, 11) is 0. The van der Waals surface area contributed by atoms with E-state index < -0.39 is 5.54 Å². The van der Waals surface area contributed by atoms with E-state index in [9.17, 15) is 14.4 Å². The van der Waals surface area contributed by atoms with Crippen LogP contribution in [0.1, 0.15) is 44.2 Å². The number of nitrogens with zero attached hydrogens (tertiary/aromatic N) is 2. The number of rotatable bonds is 5. The maximum absolute atomic E-state index is 13.1. The molecule has 0 aromatic heterocycles. The van der Waals surface area contributed by atoms with Crippen LogP contribution in [0.3, 0.4) is 0 Å². The van der Waals surface area contributed by atoms with Crippen LogP contribution in [0.15, 0.2) is 24.3 Å². The van der Waals surface area contributed by atoms with Crippen LogP contribution in [0.2, 0.25) is 0 Å². The van der Waals surface area contributed by atoms with E-state index in [2.05, 4.69) is 16.3 Å². The van der Waals surface area contributed by atoms with Gasteiger partial charge in [-0.05, 0) is 62.8 Å². The minimum Gasteiger partial charge on any atom is -0.337 e. The van der Waals surface area contributed by atoms with E-state index in [-0.39, 0.29) is 30.2 Å². The van der Waals surface area contributed by atoms with Crippen LogP contribution in [0, 0.1) is 23.1 Å². The molecule has 0 spiro atoms. The smallest absolute Gasteiger partial charge is 0.235 e. The maximum Gasteiger partial charge on any atom is 0.235 e. The Labute approximate surface area is 136 Å². The third kappa shape index (κ3) is 3.53. The number of hydrogen-bond donors (Lipinski definition) is 1. The summed E-state index contributed by atoms with van der Waals surface area (Å²) in [6.07, 6.45) is 4.00. The molecule has 1 aromatic rings. The van der Waals surface area contributed by atoms with E-state index in [1.165, 1.54) is 12.1 Å². The Morgan fingerprint density at radius 1 is 1.39 bits per heavy atom. The van der Waals surface area contributed by atoms with Crippen LogP contribution < -0.4 is 5.32 Å². The molecule has 0 radical (unpaired) electrons. The van der Waals surface area contributed by atoms with Crippen molar-refractivity contribution >= 4 is 5.91 Å². The molecular formula is C18H22FN3O. The van der Waals surface area contributed by atoms with Crippen molar-refractivity contribution in [2.24, 2.45) is 5.92 Å². The zero-order chi connectivity index (χ0) is 16.4. The van der Waals surface area contributed by atoms with Gasteiger partial charge in [0, 0.05) is 6.04 Å². The molecule has 23 heavy (non-hydrogen) atoms. The quantitative estimate of drug-likeness (QED) is 0.909. The van der Waals surface area contributed by atoms with Crippen molar-refractivity contribution < 1.29 is 9.18 Å². The van der Waals surface area contributed by atoms with Gasteiger partial charge in [-0.15, -0.1) is 0 Å². The zero-order valence-electron chi connectivity index (χ0n) is 13.4. The summed E-state index contributed by atoms with van der Waals surface area (Å²) in [5.41, 5.74) is 0.296. The molecule has 1 saturated carbocycles. The Bertz CT molecular complexity index is 620. The molecule has 1 N–H and O–H groups in total. The number of likely N-dealkylation sites (tertiary alicyclic amines) is 1. The normalized spacial score (nSPS) is 24.0. The maximum atomic E-state index is 13.1. The largest absolute Gasteiger partial charge is 0.337 e. The van der Waals surface area contributed by atoms with Crippen LogP contribution in [-0.2, 0) is 4.79 Å². The van der Waals surface area contributed by atoms with Crippen molar-refractivity contribution in [3.8, 4) is 6.07 Å². The van der Waals surface area contributed by atoms with Gasteiger partial charge in [0.05, 0.1) is 12.6 Å². The van der Waals surface area contributed by atoms with Gasteiger partial charge in [-0.1, -0.05) is 12.1 Å². The minimum absolute atomic E-state index is 0.102. The predicted octanol–water partition coefficient (Wildman–Crippen LogP) is 2.77. The second-order valence-corrected chi connectivity index (χ2v) is 6.82. The summed E-state index contributed by atoms with van der Waals surface area (Å²) in [6.45, 7) is 2.94. The summed E-state index contributed by atoms with van der Waals surface area (Å²) in [5, 5.41) is 12.3. The van der Waals surface area contributed by atoms with E-state index >= 15 is 0 Å². The SMILES string of the molecule is CC(C#N)(NC(=O)CN1CCCC1c1ccc(F)cc1)C1CC1. The van der Waals surface area contributed by atoms with Gasteiger partial charge in [0.2, 0.25) is 5.91 Å². The first-order valence-corrected chi connectivity index (χ1v) is 8.23.